The molecule has 1 heterocycles. The van der Waals surface area contributed by atoms with Gasteiger partial charge in [0.15, 0.2) is 0 Å². The summed E-state index contributed by atoms with van der Waals surface area (Å²) in [5.74, 6) is 1.74. The number of hydrogen-bond acceptors (Lipinski definition) is 3. The molecule has 0 bridgehead atoms. The highest BCUT2D eigenvalue weighted by molar-refractivity contribution is 5.39. The van der Waals surface area contributed by atoms with Gasteiger partial charge in [0.1, 0.15) is 5.82 Å². The third-order valence-corrected chi connectivity index (χ3v) is 4.79. The standard InChI is InChI=1S/C20H37N3/c1-8-11-13-23(15-16(4)10-3)18-14-21-17(5)19(22-18)20(6,7)12-9-2/h14,16H,8-13,15H2,1-7H3. The summed E-state index contributed by atoms with van der Waals surface area (Å²) < 4.78 is 0. The SMILES string of the molecule is CCCCN(CC(C)CC)c1cnc(C)c(C(C)(C)CCC)n1. The van der Waals surface area contributed by atoms with Crippen LogP contribution in [0, 0.1) is 12.8 Å². The van der Waals surface area contributed by atoms with Crippen LogP contribution >= 0.6 is 0 Å². The molecule has 0 aliphatic heterocycles. The zero-order valence-electron chi connectivity index (χ0n) is 16.4. The monoisotopic (exact) mass is 319 g/mol. The summed E-state index contributed by atoms with van der Waals surface area (Å²) in [5.41, 5.74) is 2.34. The van der Waals surface area contributed by atoms with Crippen LogP contribution in [-0.2, 0) is 5.41 Å². The Morgan fingerprint density at radius 3 is 2.43 bits per heavy atom. The molecule has 3 nitrogen and oxygen atoms in total. The van der Waals surface area contributed by atoms with Gasteiger partial charge in [0.05, 0.1) is 17.6 Å². The van der Waals surface area contributed by atoms with Crippen LogP contribution in [0.5, 0.6) is 0 Å². The lowest BCUT2D eigenvalue weighted by Crippen LogP contribution is -2.31. The maximum absolute atomic E-state index is 5.07. The maximum Gasteiger partial charge on any atom is 0.147 e. The third-order valence-electron chi connectivity index (χ3n) is 4.79. The van der Waals surface area contributed by atoms with Crippen molar-refractivity contribution in [1.82, 2.24) is 9.97 Å². The molecule has 1 aromatic rings. The quantitative estimate of drug-likeness (QED) is 0.569. The minimum atomic E-state index is 0.0919. The Hall–Kier alpha value is -1.12. The second kappa shape index (κ2) is 9.24. The highest BCUT2D eigenvalue weighted by Gasteiger charge is 2.25. The second-order valence-electron chi connectivity index (χ2n) is 7.61. The van der Waals surface area contributed by atoms with Gasteiger partial charge in [-0.05, 0) is 25.7 Å². The van der Waals surface area contributed by atoms with E-state index in [0.29, 0.717) is 5.92 Å². The van der Waals surface area contributed by atoms with Crippen molar-refractivity contribution in [2.75, 3.05) is 18.0 Å². The molecular weight excluding hydrogens is 282 g/mol. The van der Waals surface area contributed by atoms with Crippen molar-refractivity contribution in [2.24, 2.45) is 5.92 Å². The van der Waals surface area contributed by atoms with Gasteiger partial charge in [-0.25, -0.2) is 4.98 Å². The molecule has 0 aromatic carbocycles. The van der Waals surface area contributed by atoms with Crippen LogP contribution in [0.15, 0.2) is 6.20 Å². The fourth-order valence-corrected chi connectivity index (χ4v) is 3.13. The Morgan fingerprint density at radius 2 is 1.87 bits per heavy atom. The third kappa shape index (κ3) is 5.78. The highest BCUT2D eigenvalue weighted by Crippen LogP contribution is 2.30. The Labute approximate surface area is 143 Å². The predicted molar refractivity (Wildman–Crippen MR) is 101 cm³/mol. The Morgan fingerprint density at radius 1 is 1.17 bits per heavy atom. The first kappa shape index (κ1) is 19.9. The molecule has 0 saturated heterocycles. The van der Waals surface area contributed by atoms with E-state index in [1.807, 2.05) is 6.20 Å². The lowest BCUT2D eigenvalue weighted by molar-refractivity contribution is 0.453. The van der Waals surface area contributed by atoms with Crippen LogP contribution in [0.4, 0.5) is 5.82 Å². The Kier molecular flexibility index (Phi) is 8.01. The van der Waals surface area contributed by atoms with E-state index in [4.69, 9.17) is 4.98 Å². The van der Waals surface area contributed by atoms with Crippen molar-refractivity contribution in [3.05, 3.63) is 17.6 Å². The number of hydrogen-bond donors (Lipinski definition) is 0. The molecule has 1 atom stereocenters. The molecule has 23 heavy (non-hydrogen) atoms. The topological polar surface area (TPSA) is 29.0 Å². The predicted octanol–water partition coefficient (Wildman–Crippen LogP) is 5.52. The van der Waals surface area contributed by atoms with Crippen LogP contribution in [0.25, 0.3) is 0 Å². The van der Waals surface area contributed by atoms with Gasteiger partial charge in [0.2, 0.25) is 0 Å². The molecule has 0 fully saturated rings. The summed E-state index contributed by atoms with van der Waals surface area (Å²) in [4.78, 5) is 12.2. The molecule has 3 heteroatoms. The van der Waals surface area contributed by atoms with E-state index in [9.17, 15) is 0 Å². The van der Waals surface area contributed by atoms with E-state index in [-0.39, 0.29) is 5.41 Å². The smallest absolute Gasteiger partial charge is 0.147 e. The van der Waals surface area contributed by atoms with Crippen LogP contribution in [-0.4, -0.2) is 23.1 Å². The molecule has 0 spiro atoms. The highest BCUT2D eigenvalue weighted by atomic mass is 15.2. The van der Waals surface area contributed by atoms with E-state index in [1.54, 1.807) is 0 Å². The molecule has 0 amide bonds. The fourth-order valence-electron chi connectivity index (χ4n) is 3.13. The Balaban J connectivity index is 3.11. The van der Waals surface area contributed by atoms with Crippen molar-refractivity contribution in [3.63, 3.8) is 0 Å². The summed E-state index contributed by atoms with van der Waals surface area (Å²) in [5, 5.41) is 0. The molecule has 0 aliphatic rings. The van der Waals surface area contributed by atoms with Crippen molar-refractivity contribution < 1.29 is 0 Å². The van der Waals surface area contributed by atoms with Crippen LogP contribution in [0.1, 0.15) is 85.0 Å². The summed E-state index contributed by atoms with van der Waals surface area (Å²) in [6.45, 7) is 17.9. The number of rotatable bonds is 10. The molecule has 0 saturated carbocycles. The van der Waals surface area contributed by atoms with Crippen molar-refractivity contribution in [2.45, 2.75) is 86.0 Å². The number of aromatic nitrogens is 2. The number of aryl methyl sites for hydroxylation is 1. The molecule has 132 valence electrons. The first-order valence-electron chi connectivity index (χ1n) is 9.44. The normalized spacial score (nSPS) is 13.2. The van der Waals surface area contributed by atoms with Crippen molar-refractivity contribution in [3.8, 4) is 0 Å². The molecule has 1 unspecified atom stereocenters. The van der Waals surface area contributed by atoms with Crippen LogP contribution < -0.4 is 4.90 Å². The first-order chi connectivity index (χ1) is 10.9. The van der Waals surface area contributed by atoms with Gasteiger partial charge in [-0.15, -0.1) is 0 Å². The summed E-state index contributed by atoms with van der Waals surface area (Å²) >= 11 is 0. The number of anilines is 1. The fraction of sp³-hybridized carbons (Fsp3) is 0.800. The minimum absolute atomic E-state index is 0.0919. The summed E-state index contributed by atoms with van der Waals surface area (Å²) in [7, 11) is 0. The largest absolute Gasteiger partial charge is 0.355 e. The Bertz CT molecular complexity index is 468. The van der Waals surface area contributed by atoms with E-state index in [2.05, 4.69) is 58.4 Å². The van der Waals surface area contributed by atoms with Gasteiger partial charge >= 0.3 is 0 Å². The molecule has 1 aromatic heterocycles. The van der Waals surface area contributed by atoms with Gasteiger partial charge in [0, 0.05) is 18.5 Å². The molecular formula is C20H37N3. The van der Waals surface area contributed by atoms with Crippen molar-refractivity contribution in [1.29, 1.82) is 0 Å². The van der Waals surface area contributed by atoms with Gasteiger partial charge in [0.25, 0.3) is 0 Å². The van der Waals surface area contributed by atoms with Gasteiger partial charge in [-0.1, -0.05) is 60.8 Å². The minimum Gasteiger partial charge on any atom is -0.355 e. The van der Waals surface area contributed by atoms with Gasteiger partial charge < -0.3 is 4.90 Å². The van der Waals surface area contributed by atoms with Gasteiger partial charge in [-0.2, -0.15) is 0 Å². The lowest BCUT2D eigenvalue weighted by Gasteiger charge is -2.30. The number of unbranched alkanes of at least 4 members (excludes halogenated alkanes) is 1. The number of nitrogens with zero attached hydrogens (tertiary/aromatic N) is 3. The summed E-state index contributed by atoms with van der Waals surface area (Å²) in [6.07, 6.45) is 7.91. The average Bonchev–Trinajstić information content (AvgIpc) is 2.51. The van der Waals surface area contributed by atoms with E-state index < -0.39 is 0 Å². The zero-order valence-corrected chi connectivity index (χ0v) is 16.4. The van der Waals surface area contributed by atoms with E-state index >= 15 is 0 Å². The van der Waals surface area contributed by atoms with Gasteiger partial charge in [-0.3, -0.25) is 4.98 Å². The maximum atomic E-state index is 5.07. The van der Waals surface area contributed by atoms with Crippen LogP contribution in [0.2, 0.25) is 0 Å². The molecule has 0 N–H and O–H groups in total. The van der Waals surface area contributed by atoms with E-state index in [0.717, 1.165) is 31.0 Å². The van der Waals surface area contributed by atoms with Crippen molar-refractivity contribution >= 4 is 5.82 Å². The molecule has 0 aliphatic carbocycles. The van der Waals surface area contributed by atoms with Crippen LogP contribution in [0.3, 0.4) is 0 Å². The zero-order chi connectivity index (χ0) is 17.5. The summed E-state index contributed by atoms with van der Waals surface area (Å²) in [6, 6.07) is 0. The molecule has 0 radical (unpaired) electrons. The second-order valence-corrected chi connectivity index (χ2v) is 7.61. The molecule has 1 rings (SSSR count). The lowest BCUT2D eigenvalue weighted by atomic mass is 9.83. The first-order valence-corrected chi connectivity index (χ1v) is 9.44. The average molecular weight is 320 g/mol. The van der Waals surface area contributed by atoms with E-state index in [1.165, 1.54) is 31.4 Å².